The van der Waals surface area contributed by atoms with E-state index < -0.39 is 53.1 Å². The molecule has 0 aromatic carbocycles. The zero-order chi connectivity index (χ0) is 19.4. The van der Waals surface area contributed by atoms with Crippen LogP contribution in [-0.2, 0) is 19.1 Å². The van der Waals surface area contributed by atoms with Crippen molar-refractivity contribution in [1.82, 2.24) is 0 Å². The lowest BCUT2D eigenvalue weighted by atomic mass is 9.50. The van der Waals surface area contributed by atoms with Crippen molar-refractivity contribution in [3.8, 4) is 0 Å². The van der Waals surface area contributed by atoms with E-state index in [4.69, 9.17) is 9.47 Å². The summed E-state index contributed by atoms with van der Waals surface area (Å²) < 4.78 is 11.3. The summed E-state index contributed by atoms with van der Waals surface area (Å²) in [6.45, 7) is 10.8. The summed E-state index contributed by atoms with van der Waals surface area (Å²) >= 11 is 0. The first-order chi connectivity index (χ1) is 12.0. The van der Waals surface area contributed by atoms with Gasteiger partial charge in [0.25, 0.3) is 0 Å². The van der Waals surface area contributed by atoms with Crippen molar-refractivity contribution in [3.63, 3.8) is 0 Å². The van der Waals surface area contributed by atoms with Crippen LogP contribution in [-0.4, -0.2) is 46.1 Å². The monoisotopic (exact) mass is 364 g/mol. The Morgan fingerprint density at radius 3 is 2.69 bits per heavy atom. The van der Waals surface area contributed by atoms with Gasteiger partial charge in [-0.15, -0.1) is 0 Å². The number of allylic oxidation sites excluding steroid dienone is 1. The molecule has 3 aliphatic rings. The van der Waals surface area contributed by atoms with E-state index in [0.29, 0.717) is 24.8 Å². The van der Waals surface area contributed by atoms with Crippen molar-refractivity contribution in [3.05, 3.63) is 23.8 Å². The number of carbonyl (C=O) groups is 2. The van der Waals surface area contributed by atoms with Gasteiger partial charge in [0, 0.05) is 22.5 Å². The lowest BCUT2D eigenvalue weighted by Gasteiger charge is -2.59. The highest BCUT2D eigenvalue weighted by Gasteiger charge is 2.66. The quantitative estimate of drug-likeness (QED) is 0.574. The molecular weight excluding hydrogens is 336 g/mol. The molecule has 6 nitrogen and oxygen atoms in total. The highest BCUT2D eigenvalue weighted by atomic mass is 16.6. The number of aliphatic hydroxyl groups is 2. The molecule has 3 fully saturated rings. The maximum Gasteiger partial charge on any atom is 0.334 e. The number of fused-ring (bicyclic) bond motifs is 2. The van der Waals surface area contributed by atoms with Crippen LogP contribution in [0.15, 0.2) is 23.8 Å². The summed E-state index contributed by atoms with van der Waals surface area (Å²) in [4.78, 5) is 24.6. The molecule has 0 bridgehead atoms. The van der Waals surface area contributed by atoms with Crippen molar-refractivity contribution >= 4 is 11.9 Å². The zero-order valence-electron chi connectivity index (χ0n) is 15.8. The second-order valence-electron chi connectivity index (χ2n) is 8.44. The van der Waals surface area contributed by atoms with E-state index >= 15 is 0 Å². The molecule has 0 amide bonds. The predicted octanol–water partition coefficient (Wildman–Crippen LogP) is 1.89. The summed E-state index contributed by atoms with van der Waals surface area (Å²) in [7, 11) is 0. The molecule has 1 saturated heterocycles. The van der Waals surface area contributed by atoms with Gasteiger partial charge in [-0.05, 0) is 40.0 Å². The molecule has 26 heavy (non-hydrogen) atoms. The van der Waals surface area contributed by atoms with Crippen LogP contribution in [0.1, 0.15) is 47.0 Å². The van der Waals surface area contributed by atoms with Crippen LogP contribution in [0, 0.1) is 17.3 Å². The summed E-state index contributed by atoms with van der Waals surface area (Å²) in [6, 6.07) is 0. The zero-order valence-corrected chi connectivity index (χ0v) is 15.8. The number of aliphatic hydroxyl groups excluding tert-OH is 1. The molecule has 1 heterocycles. The molecule has 0 radical (unpaired) electrons. The molecule has 0 spiro atoms. The summed E-state index contributed by atoms with van der Waals surface area (Å²) in [5, 5.41) is 21.9. The molecule has 0 aromatic heterocycles. The molecule has 0 unspecified atom stereocenters. The molecule has 7 atom stereocenters. The Morgan fingerprint density at radius 1 is 1.42 bits per heavy atom. The Balaban J connectivity index is 2.08. The Labute approximate surface area is 153 Å². The van der Waals surface area contributed by atoms with Crippen molar-refractivity contribution in [2.24, 2.45) is 17.3 Å². The van der Waals surface area contributed by atoms with Crippen LogP contribution < -0.4 is 0 Å². The van der Waals surface area contributed by atoms with Crippen molar-refractivity contribution < 1.29 is 29.3 Å². The van der Waals surface area contributed by atoms with Gasteiger partial charge in [0.05, 0.1) is 17.6 Å². The van der Waals surface area contributed by atoms with Crippen LogP contribution in [0.5, 0.6) is 0 Å². The number of hydrogen-bond donors (Lipinski definition) is 2. The third-order valence-corrected chi connectivity index (χ3v) is 6.71. The molecular formula is C20H28O6. The normalized spacial score (nSPS) is 45.6. The smallest absolute Gasteiger partial charge is 0.334 e. The number of carbonyl (C=O) groups excluding carboxylic acids is 2. The minimum atomic E-state index is -1.14. The Kier molecular flexibility index (Phi) is 4.56. The van der Waals surface area contributed by atoms with Crippen molar-refractivity contribution in [1.29, 1.82) is 0 Å². The molecule has 144 valence electrons. The fraction of sp³-hybridized carbons (Fsp3) is 0.700. The third kappa shape index (κ3) is 2.70. The molecule has 2 N–H and O–H groups in total. The third-order valence-electron chi connectivity index (χ3n) is 6.71. The molecule has 2 aliphatic carbocycles. The van der Waals surface area contributed by atoms with E-state index in [1.54, 1.807) is 26.8 Å². The largest absolute Gasteiger partial charge is 0.458 e. The Morgan fingerprint density at radius 2 is 2.08 bits per heavy atom. The van der Waals surface area contributed by atoms with Gasteiger partial charge in [0.15, 0.2) is 0 Å². The number of esters is 2. The standard InChI is InChI=1S/C20H28O6/c1-6-10(2)17(22)26-15-14-11(3)18(23)25-12(14)9-19(4)13(21)7-8-20(5,24)16(15)19/h6,12-16,21,24H,3,7-9H2,1-2,4-5H3/b10-6+/t12-,13+,14+,15-,16+,19-,20+/m0/s1. The number of hydrogen-bond acceptors (Lipinski definition) is 6. The summed E-state index contributed by atoms with van der Waals surface area (Å²) in [5.41, 5.74) is -1.16. The van der Waals surface area contributed by atoms with Crippen LogP contribution in [0.25, 0.3) is 0 Å². The highest BCUT2D eigenvalue weighted by molar-refractivity contribution is 5.91. The van der Waals surface area contributed by atoms with Crippen molar-refractivity contribution in [2.75, 3.05) is 0 Å². The van der Waals surface area contributed by atoms with Gasteiger partial charge in [-0.25, -0.2) is 9.59 Å². The fourth-order valence-electron chi connectivity index (χ4n) is 5.17. The van der Waals surface area contributed by atoms with E-state index in [1.165, 1.54) is 0 Å². The Bertz CT molecular complexity index is 678. The first kappa shape index (κ1) is 19.1. The van der Waals surface area contributed by atoms with Gasteiger partial charge in [0.1, 0.15) is 12.2 Å². The number of rotatable bonds is 2. The van der Waals surface area contributed by atoms with Crippen LogP contribution in [0.3, 0.4) is 0 Å². The van der Waals surface area contributed by atoms with Crippen LogP contribution in [0.2, 0.25) is 0 Å². The van der Waals surface area contributed by atoms with E-state index in [9.17, 15) is 19.8 Å². The van der Waals surface area contributed by atoms with E-state index in [1.807, 2.05) is 6.92 Å². The van der Waals surface area contributed by atoms with Gasteiger partial charge in [-0.1, -0.05) is 19.6 Å². The minimum absolute atomic E-state index is 0.267. The summed E-state index contributed by atoms with van der Waals surface area (Å²) in [5.74, 6) is -2.03. The van der Waals surface area contributed by atoms with Gasteiger partial charge >= 0.3 is 11.9 Å². The first-order valence-corrected chi connectivity index (χ1v) is 9.17. The lowest BCUT2D eigenvalue weighted by Crippen LogP contribution is -2.65. The first-order valence-electron chi connectivity index (χ1n) is 9.17. The van der Waals surface area contributed by atoms with Gasteiger partial charge in [-0.2, -0.15) is 0 Å². The minimum Gasteiger partial charge on any atom is -0.458 e. The van der Waals surface area contributed by atoms with Crippen molar-refractivity contribution in [2.45, 2.75) is 70.9 Å². The lowest BCUT2D eigenvalue weighted by molar-refractivity contribution is -0.234. The average Bonchev–Trinajstić information content (AvgIpc) is 2.84. The average molecular weight is 364 g/mol. The molecule has 0 aromatic rings. The second kappa shape index (κ2) is 6.20. The van der Waals surface area contributed by atoms with Gasteiger partial charge < -0.3 is 19.7 Å². The van der Waals surface area contributed by atoms with E-state index in [0.717, 1.165) is 0 Å². The maximum absolute atomic E-state index is 12.5. The second-order valence-corrected chi connectivity index (χ2v) is 8.44. The van der Waals surface area contributed by atoms with Gasteiger partial charge in [-0.3, -0.25) is 0 Å². The topological polar surface area (TPSA) is 93.1 Å². The van der Waals surface area contributed by atoms with E-state index in [-0.39, 0.29) is 5.57 Å². The molecule has 1 aliphatic heterocycles. The van der Waals surface area contributed by atoms with Crippen LogP contribution >= 0.6 is 0 Å². The Hall–Kier alpha value is -1.66. The molecule has 2 saturated carbocycles. The highest BCUT2D eigenvalue weighted by Crippen LogP contribution is 2.59. The SMILES string of the molecule is C=C1C(=O)O[C@H]2C[C@@]3(C)[C@H](O)CC[C@@](C)(O)[C@@H]3[C@@H](OC(=O)/C(C)=C/C)[C@H]12. The predicted molar refractivity (Wildman–Crippen MR) is 93.9 cm³/mol. The fourth-order valence-corrected chi connectivity index (χ4v) is 5.17. The molecule has 3 rings (SSSR count). The van der Waals surface area contributed by atoms with Crippen LogP contribution in [0.4, 0.5) is 0 Å². The van der Waals surface area contributed by atoms with Gasteiger partial charge in [0.2, 0.25) is 0 Å². The van der Waals surface area contributed by atoms with E-state index in [2.05, 4.69) is 6.58 Å². The molecule has 6 heteroatoms. The summed E-state index contributed by atoms with van der Waals surface area (Å²) in [6.07, 6.45) is 0.922. The number of ether oxygens (including phenoxy) is 2. The maximum atomic E-state index is 12.5.